The third kappa shape index (κ3) is 5.98. The van der Waals surface area contributed by atoms with E-state index in [9.17, 15) is 4.79 Å². The Bertz CT molecular complexity index is 742. The number of amides is 1. The Morgan fingerprint density at radius 3 is 2.62 bits per heavy atom. The maximum absolute atomic E-state index is 11.7. The van der Waals surface area contributed by atoms with Gasteiger partial charge >= 0.3 is 0 Å². The molecule has 4 heteroatoms. The zero-order valence-corrected chi connectivity index (χ0v) is 14.6. The van der Waals surface area contributed by atoms with Gasteiger partial charge in [0.15, 0.2) is 6.61 Å². The SMILES string of the molecule is CC(C)c1ccc(OCC(=O)NCC#Cc2cccc(Cl)c2)cc1. The van der Waals surface area contributed by atoms with Gasteiger partial charge in [-0.15, -0.1) is 0 Å². The molecule has 124 valence electrons. The summed E-state index contributed by atoms with van der Waals surface area (Å²) in [5.41, 5.74) is 2.06. The van der Waals surface area contributed by atoms with Crippen molar-refractivity contribution >= 4 is 17.5 Å². The van der Waals surface area contributed by atoms with E-state index in [0.29, 0.717) is 16.7 Å². The number of rotatable bonds is 5. The number of carbonyl (C=O) groups excluding carboxylic acids is 1. The van der Waals surface area contributed by atoms with E-state index in [-0.39, 0.29) is 19.1 Å². The highest BCUT2D eigenvalue weighted by molar-refractivity contribution is 6.30. The van der Waals surface area contributed by atoms with E-state index >= 15 is 0 Å². The van der Waals surface area contributed by atoms with Gasteiger partial charge in [0.25, 0.3) is 5.91 Å². The Kier molecular flexibility index (Phi) is 6.72. The minimum atomic E-state index is -0.205. The van der Waals surface area contributed by atoms with Gasteiger partial charge in [-0.25, -0.2) is 0 Å². The number of carbonyl (C=O) groups is 1. The minimum Gasteiger partial charge on any atom is -0.484 e. The largest absolute Gasteiger partial charge is 0.484 e. The van der Waals surface area contributed by atoms with Gasteiger partial charge in [-0.1, -0.05) is 55.5 Å². The van der Waals surface area contributed by atoms with Crippen molar-refractivity contribution in [1.82, 2.24) is 5.32 Å². The van der Waals surface area contributed by atoms with Crippen LogP contribution in [-0.4, -0.2) is 19.1 Å². The second-order valence-corrected chi connectivity index (χ2v) is 6.04. The summed E-state index contributed by atoms with van der Waals surface area (Å²) in [5.74, 6) is 6.77. The van der Waals surface area contributed by atoms with E-state index in [1.165, 1.54) is 5.56 Å². The molecule has 0 spiro atoms. The molecule has 1 N–H and O–H groups in total. The molecular formula is C20H20ClNO2. The van der Waals surface area contributed by atoms with Crippen LogP contribution in [0, 0.1) is 11.8 Å². The first-order valence-corrected chi connectivity index (χ1v) is 8.16. The molecule has 0 saturated heterocycles. The number of nitrogens with one attached hydrogen (secondary N) is 1. The third-order valence-electron chi connectivity index (χ3n) is 3.35. The molecule has 2 aromatic carbocycles. The van der Waals surface area contributed by atoms with Gasteiger partial charge in [-0.2, -0.15) is 0 Å². The Hall–Kier alpha value is -2.44. The zero-order chi connectivity index (χ0) is 17.4. The smallest absolute Gasteiger partial charge is 0.258 e. The summed E-state index contributed by atoms with van der Waals surface area (Å²) in [7, 11) is 0. The third-order valence-corrected chi connectivity index (χ3v) is 3.58. The molecule has 2 rings (SSSR count). The van der Waals surface area contributed by atoms with Crippen LogP contribution in [0.25, 0.3) is 0 Å². The summed E-state index contributed by atoms with van der Waals surface area (Å²) in [6, 6.07) is 15.0. The number of hydrogen-bond acceptors (Lipinski definition) is 2. The van der Waals surface area contributed by atoms with Gasteiger partial charge in [-0.3, -0.25) is 4.79 Å². The molecule has 0 heterocycles. The average molecular weight is 342 g/mol. The number of benzene rings is 2. The summed E-state index contributed by atoms with van der Waals surface area (Å²) < 4.78 is 5.46. The summed E-state index contributed by atoms with van der Waals surface area (Å²) in [4.78, 5) is 11.7. The first-order valence-electron chi connectivity index (χ1n) is 7.78. The highest BCUT2D eigenvalue weighted by atomic mass is 35.5. The van der Waals surface area contributed by atoms with Crippen LogP contribution in [0.4, 0.5) is 0 Å². The highest BCUT2D eigenvalue weighted by Gasteiger charge is 2.03. The normalized spacial score (nSPS) is 10.0. The van der Waals surface area contributed by atoms with E-state index in [0.717, 1.165) is 5.56 Å². The van der Waals surface area contributed by atoms with Crippen molar-refractivity contribution in [3.05, 3.63) is 64.7 Å². The van der Waals surface area contributed by atoms with Crippen molar-refractivity contribution in [3.63, 3.8) is 0 Å². The predicted molar refractivity (Wildman–Crippen MR) is 97.4 cm³/mol. The number of hydrogen-bond donors (Lipinski definition) is 1. The van der Waals surface area contributed by atoms with Gasteiger partial charge in [0.05, 0.1) is 6.54 Å². The average Bonchev–Trinajstić information content (AvgIpc) is 2.57. The lowest BCUT2D eigenvalue weighted by atomic mass is 10.0. The molecule has 1 amide bonds. The van der Waals surface area contributed by atoms with E-state index < -0.39 is 0 Å². The summed E-state index contributed by atoms with van der Waals surface area (Å²) in [6.45, 7) is 4.50. The Labute approximate surface area is 148 Å². The van der Waals surface area contributed by atoms with E-state index in [1.807, 2.05) is 36.4 Å². The maximum atomic E-state index is 11.7. The number of ether oxygens (including phenoxy) is 1. The summed E-state index contributed by atoms with van der Waals surface area (Å²) >= 11 is 5.88. The van der Waals surface area contributed by atoms with Gasteiger partial charge in [-0.05, 0) is 41.8 Å². The lowest BCUT2D eigenvalue weighted by Gasteiger charge is -2.08. The zero-order valence-electron chi connectivity index (χ0n) is 13.8. The summed E-state index contributed by atoms with van der Waals surface area (Å²) in [5, 5.41) is 3.34. The molecule has 2 aromatic rings. The van der Waals surface area contributed by atoms with Crippen LogP contribution in [0.1, 0.15) is 30.9 Å². The Morgan fingerprint density at radius 2 is 1.96 bits per heavy atom. The lowest BCUT2D eigenvalue weighted by Crippen LogP contribution is -2.29. The van der Waals surface area contributed by atoms with Gasteiger partial charge in [0, 0.05) is 10.6 Å². The van der Waals surface area contributed by atoms with Crippen LogP contribution in [0.15, 0.2) is 48.5 Å². The van der Waals surface area contributed by atoms with Crippen LogP contribution in [0.2, 0.25) is 5.02 Å². The molecular weight excluding hydrogens is 322 g/mol. The van der Waals surface area contributed by atoms with Gasteiger partial charge < -0.3 is 10.1 Å². The van der Waals surface area contributed by atoms with Crippen molar-refractivity contribution in [2.24, 2.45) is 0 Å². The second kappa shape index (κ2) is 9.00. The Morgan fingerprint density at radius 1 is 1.21 bits per heavy atom. The van der Waals surface area contributed by atoms with Crippen molar-refractivity contribution in [1.29, 1.82) is 0 Å². The molecule has 0 aromatic heterocycles. The second-order valence-electron chi connectivity index (χ2n) is 5.60. The number of halogens is 1. The minimum absolute atomic E-state index is 0.0279. The molecule has 0 atom stereocenters. The highest BCUT2D eigenvalue weighted by Crippen LogP contribution is 2.18. The predicted octanol–water partition coefficient (Wildman–Crippen LogP) is 4.01. The van der Waals surface area contributed by atoms with Crippen molar-refractivity contribution in [3.8, 4) is 17.6 Å². The molecule has 0 radical (unpaired) electrons. The van der Waals surface area contributed by atoms with Crippen molar-refractivity contribution < 1.29 is 9.53 Å². The van der Waals surface area contributed by atoms with E-state index in [1.54, 1.807) is 12.1 Å². The van der Waals surface area contributed by atoms with Crippen molar-refractivity contribution in [2.75, 3.05) is 13.2 Å². The van der Waals surface area contributed by atoms with Crippen LogP contribution in [0.3, 0.4) is 0 Å². The molecule has 24 heavy (non-hydrogen) atoms. The quantitative estimate of drug-likeness (QED) is 0.834. The maximum Gasteiger partial charge on any atom is 0.258 e. The van der Waals surface area contributed by atoms with Gasteiger partial charge in [0.1, 0.15) is 5.75 Å². The fraction of sp³-hybridized carbons (Fsp3) is 0.250. The molecule has 0 saturated carbocycles. The fourth-order valence-electron chi connectivity index (χ4n) is 2.00. The molecule has 0 fully saturated rings. The van der Waals surface area contributed by atoms with E-state index in [2.05, 4.69) is 31.0 Å². The van der Waals surface area contributed by atoms with Crippen molar-refractivity contribution in [2.45, 2.75) is 19.8 Å². The molecule has 0 aliphatic carbocycles. The first-order chi connectivity index (χ1) is 11.5. The van der Waals surface area contributed by atoms with Crippen LogP contribution in [-0.2, 0) is 4.79 Å². The molecule has 0 aliphatic rings. The lowest BCUT2D eigenvalue weighted by molar-refractivity contribution is -0.122. The topological polar surface area (TPSA) is 38.3 Å². The molecule has 0 aliphatic heterocycles. The fourth-order valence-corrected chi connectivity index (χ4v) is 2.19. The van der Waals surface area contributed by atoms with Crippen LogP contribution >= 0.6 is 11.6 Å². The molecule has 3 nitrogen and oxygen atoms in total. The summed E-state index contributed by atoms with van der Waals surface area (Å²) in [6.07, 6.45) is 0. The molecule has 0 unspecified atom stereocenters. The van der Waals surface area contributed by atoms with Gasteiger partial charge in [0.2, 0.25) is 0 Å². The standard InChI is InChI=1S/C20H20ClNO2/c1-15(2)17-8-10-19(11-9-17)24-14-20(23)22-12-4-6-16-5-3-7-18(21)13-16/h3,5,7-11,13,15H,12,14H2,1-2H3,(H,22,23). The van der Waals surface area contributed by atoms with Crippen LogP contribution < -0.4 is 10.1 Å². The Balaban J connectivity index is 1.74. The first kappa shape index (κ1) is 17.9. The monoisotopic (exact) mass is 341 g/mol. The van der Waals surface area contributed by atoms with Crippen LogP contribution in [0.5, 0.6) is 5.75 Å². The van der Waals surface area contributed by atoms with E-state index in [4.69, 9.17) is 16.3 Å². The molecule has 0 bridgehead atoms.